The molecule has 5 rings (SSSR count). The molecule has 3 aliphatic heterocycles. The van der Waals surface area contributed by atoms with Gasteiger partial charge in [0.05, 0.1) is 11.1 Å². The van der Waals surface area contributed by atoms with Crippen LogP contribution in [-0.2, 0) is 0 Å². The zero-order valence-electron chi connectivity index (χ0n) is 14.6. The van der Waals surface area contributed by atoms with Crippen molar-refractivity contribution >= 4 is 17.2 Å². The average molecular weight is 357 g/mol. The van der Waals surface area contributed by atoms with E-state index in [0.29, 0.717) is 27.6 Å². The van der Waals surface area contributed by atoms with Gasteiger partial charge in [-0.2, -0.15) is 0 Å². The molecule has 2 aromatic rings. The van der Waals surface area contributed by atoms with Gasteiger partial charge >= 0.3 is 0 Å². The maximum Gasteiger partial charge on any atom is 0.261 e. The highest BCUT2D eigenvalue weighted by molar-refractivity contribution is 7.15. The molecule has 0 saturated carbocycles. The number of amides is 1. The van der Waals surface area contributed by atoms with Crippen molar-refractivity contribution in [3.05, 3.63) is 41.0 Å². The summed E-state index contributed by atoms with van der Waals surface area (Å²) in [6.45, 7) is 6.50. The van der Waals surface area contributed by atoms with Crippen LogP contribution in [0.1, 0.15) is 35.1 Å². The molecule has 2 bridgehead atoms. The number of fused-ring (bicyclic) bond motifs is 3. The SMILES string of the molecule is Cc1ccc(Oc2ccc(C(=O)NC3C4CCN(CC4)C3C)s2)cn1. The summed E-state index contributed by atoms with van der Waals surface area (Å²) in [7, 11) is 0. The number of nitrogens with zero attached hydrogens (tertiary/aromatic N) is 2. The predicted octanol–water partition coefficient (Wildman–Crippen LogP) is 3.46. The molecule has 0 spiro atoms. The van der Waals surface area contributed by atoms with Gasteiger partial charge in [-0.25, -0.2) is 0 Å². The van der Waals surface area contributed by atoms with E-state index in [0.717, 1.165) is 5.69 Å². The van der Waals surface area contributed by atoms with E-state index in [4.69, 9.17) is 4.74 Å². The van der Waals surface area contributed by atoms with Gasteiger partial charge in [-0.15, -0.1) is 0 Å². The molecule has 3 saturated heterocycles. The smallest absolute Gasteiger partial charge is 0.261 e. The van der Waals surface area contributed by atoms with Crippen LogP contribution in [0.3, 0.4) is 0 Å². The first-order valence-corrected chi connectivity index (χ1v) is 9.67. The highest BCUT2D eigenvalue weighted by Gasteiger charge is 2.40. The second kappa shape index (κ2) is 6.77. The molecule has 3 aliphatic rings. The monoisotopic (exact) mass is 357 g/mol. The Balaban J connectivity index is 1.41. The molecular weight excluding hydrogens is 334 g/mol. The topological polar surface area (TPSA) is 54.5 Å². The summed E-state index contributed by atoms with van der Waals surface area (Å²) in [6.07, 6.45) is 4.08. The summed E-state index contributed by atoms with van der Waals surface area (Å²) in [5.74, 6) is 1.30. The highest BCUT2D eigenvalue weighted by Crippen LogP contribution is 2.33. The van der Waals surface area contributed by atoms with E-state index in [2.05, 4.69) is 22.1 Å². The van der Waals surface area contributed by atoms with Crippen LogP contribution in [0.25, 0.3) is 0 Å². The van der Waals surface area contributed by atoms with Gasteiger partial charge in [0, 0.05) is 17.8 Å². The van der Waals surface area contributed by atoms with Gasteiger partial charge in [-0.3, -0.25) is 14.7 Å². The number of thiophene rings is 1. The molecule has 2 unspecified atom stereocenters. The molecule has 0 aromatic carbocycles. The zero-order chi connectivity index (χ0) is 17.4. The van der Waals surface area contributed by atoms with Crippen LogP contribution in [0.4, 0.5) is 0 Å². The Morgan fingerprint density at radius 1 is 1.28 bits per heavy atom. The van der Waals surface area contributed by atoms with Gasteiger partial charge < -0.3 is 10.1 Å². The van der Waals surface area contributed by atoms with Crippen molar-refractivity contribution in [2.75, 3.05) is 13.1 Å². The van der Waals surface area contributed by atoms with Crippen LogP contribution in [-0.4, -0.2) is 41.0 Å². The van der Waals surface area contributed by atoms with Crippen LogP contribution >= 0.6 is 11.3 Å². The minimum absolute atomic E-state index is 0.00693. The van der Waals surface area contributed by atoms with E-state index in [9.17, 15) is 4.79 Å². The Bertz CT molecular complexity index is 748. The van der Waals surface area contributed by atoms with Gasteiger partial charge in [0.25, 0.3) is 5.91 Å². The Morgan fingerprint density at radius 3 is 2.76 bits per heavy atom. The Hall–Kier alpha value is -1.92. The van der Waals surface area contributed by atoms with Crippen molar-refractivity contribution in [2.24, 2.45) is 5.92 Å². The molecular formula is C19H23N3O2S. The number of rotatable bonds is 4. The summed E-state index contributed by atoms with van der Waals surface area (Å²) in [6, 6.07) is 8.15. The molecule has 2 atom stereocenters. The normalized spacial score (nSPS) is 27.9. The third kappa shape index (κ3) is 3.41. The molecule has 5 nitrogen and oxygen atoms in total. The standard InChI is InChI=1S/C19H23N3O2S/c1-12-3-4-15(11-20-12)24-17-6-5-16(25-17)19(23)21-18-13(2)22-9-7-14(18)8-10-22/h3-6,11,13-14,18H,7-10H2,1-2H3,(H,21,23). The molecule has 0 aliphatic carbocycles. The summed E-state index contributed by atoms with van der Waals surface area (Å²) < 4.78 is 5.79. The second-order valence-corrected chi connectivity index (χ2v) is 8.02. The third-order valence-corrected chi connectivity index (χ3v) is 6.35. The molecule has 0 radical (unpaired) electrons. The Labute approximate surface area is 152 Å². The Morgan fingerprint density at radius 2 is 2.08 bits per heavy atom. The lowest BCUT2D eigenvalue weighted by Crippen LogP contribution is -2.62. The number of piperidine rings is 3. The van der Waals surface area contributed by atoms with Gasteiger partial charge in [0.2, 0.25) is 0 Å². The summed E-state index contributed by atoms with van der Waals surface area (Å²) in [5, 5.41) is 3.97. The molecule has 25 heavy (non-hydrogen) atoms. The maximum absolute atomic E-state index is 12.7. The van der Waals surface area contributed by atoms with Gasteiger partial charge in [0.15, 0.2) is 5.06 Å². The number of hydrogen-bond acceptors (Lipinski definition) is 5. The number of hydrogen-bond donors (Lipinski definition) is 1. The van der Waals surface area contributed by atoms with E-state index >= 15 is 0 Å². The minimum Gasteiger partial charge on any atom is -0.445 e. The quantitative estimate of drug-likeness (QED) is 0.910. The first kappa shape index (κ1) is 16.5. The maximum atomic E-state index is 12.7. The Kier molecular flexibility index (Phi) is 4.48. The van der Waals surface area contributed by atoms with Crippen LogP contribution in [0.2, 0.25) is 0 Å². The summed E-state index contributed by atoms with van der Waals surface area (Å²) in [5.41, 5.74) is 0.949. The van der Waals surface area contributed by atoms with Crippen molar-refractivity contribution in [1.82, 2.24) is 15.2 Å². The number of aromatic nitrogens is 1. The third-order valence-electron chi connectivity index (χ3n) is 5.38. The lowest BCUT2D eigenvalue weighted by Gasteiger charge is -2.49. The number of pyridine rings is 1. The molecule has 1 N–H and O–H groups in total. The molecule has 2 aromatic heterocycles. The van der Waals surface area contributed by atoms with Crippen LogP contribution in [0.5, 0.6) is 10.8 Å². The van der Waals surface area contributed by atoms with Crippen LogP contribution in [0, 0.1) is 12.8 Å². The van der Waals surface area contributed by atoms with Crippen molar-refractivity contribution < 1.29 is 9.53 Å². The van der Waals surface area contributed by atoms with E-state index < -0.39 is 0 Å². The van der Waals surface area contributed by atoms with E-state index in [1.807, 2.05) is 31.2 Å². The number of carbonyl (C=O) groups excluding carboxylic acids is 1. The fraction of sp³-hybridized carbons (Fsp3) is 0.474. The van der Waals surface area contributed by atoms with Crippen LogP contribution in [0.15, 0.2) is 30.5 Å². The first-order valence-electron chi connectivity index (χ1n) is 8.85. The molecule has 6 heteroatoms. The zero-order valence-corrected chi connectivity index (χ0v) is 15.4. The number of aryl methyl sites for hydroxylation is 1. The van der Waals surface area contributed by atoms with Gasteiger partial charge in [0.1, 0.15) is 5.75 Å². The molecule has 132 valence electrons. The van der Waals surface area contributed by atoms with Gasteiger partial charge in [-0.05, 0) is 70.0 Å². The fourth-order valence-corrected chi connectivity index (χ4v) is 4.67. The van der Waals surface area contributed by atoms with E-state index in [1.165, 1.54) is 37.3 Å². The predicted molar refractivity (Wildman–Crippen MR) is 98.4 cm³/mol. The van der Waals surface area contributed by atoms with Crippen LogP contribution < -0.4 is 10.1 Å². The van der Waals surface area contributed by atoms with Gasteiger partial charge in [-0.1, -0.05) is 11.3 Å². The van der Waals surface area contributed by atoms with Crippen molar-refractivity contribution in [2.45, 2.75) is 38.8 Å². The lowest BCUT2D eigenvalue weighted by atomic mass is 9.79. The molecule has 5 heterocycles. The first-order chi connectivity index (χ1) is 12.1. The molecule has 1 amide bonds. The minimum atomic E-state index is 0.00693. The summed E-state index contributed by atoms with van der Waals surface area (Å²) in [4.78, 5) is 20.1. The van der Waals surface area contributed by atoms with E-state index in [1.54, 1.807) is 6.20 Å². The van der Waals surface area contributed by atoms with Crippen molar-refractivity contribution in [1.29, 1.82) is 0 Å². The van der Waals surface area contributed by atoms with Crippen molar-refractivity contribution in [3.63, 3.8) is 0 Å². The molecule has 3 fully saturated rings. The average Bonchev–Trinajstić information content (AvgIpc) is 3.09. The number of nitrogens with one attached hydrogen (secondary N) is 1. The number of ether oxygens (including phenoxy) is 1. The van der Waals surface area contributed by atoms with E-state index in [-0.39, 0.29) is 11.9 Å². The summed E-state index contributed by atoms with van der Waals surface area (Å²) >= 11 is 1.37. The highest BCUT2D eigenvalue weighted by atomic mass is 32.1. The van der Waals surface area contributed by atoms with Crippen molar-refractivity contribution in [3.8, 4) is 10.8 Å². The number of carbonyl (C=O) groups is 1. The largest absolute Gasteiger partial charge is 0.445 e. The fourth-order valence-electron chi connectivity index (χ4n) is 3.90. The lowest BCUT2D eigenvalue weighted by molar-refractivity contribution is 0.0218. The second-order valence-electron chi connectivity index (χ2n) is 6.97.